The van der Waals surface area contributed by atoms with Gasteiger partial charge in [0.25, 0.3) is 0 Å². The second kappa shape index (κ2) is 10.9. The summed E-state index contributed by atoms with van der Waals surface area (Å²) >= 11 is 7.65. The first kappa shape index (κ1) is 19.3. The summed E-state index contributed by atoms with van der Waals surface area (Å²) in [5.74, 6) is 1.51. The zero-order valence-corrected chi connectivity index (χ0v) is 14.7. The average Bonchev–Trinajstić information content (AvgIpc) is 2.52. The van der Waals surface area contributed by atoms with Crippen molar-refractivity contribution in [1.29, 1.82) is 0 Å². The van der Waals surface area contributed by atoms with Crippen molar-refractivity contribution in [3.05, 3.63) is 5.15 Å². The second-order valence-electron chi connectivity index (χ2n) is 4.78. The number of halogens is 1. The number of nitrogen functional groups attached to an aromatic ring is 1. The van der Waals surface area contributed by atoms with Crippen molar-refractivity contribution >= 4 is 34.9 Å². The summed E-state index contributed by atoms with van der Waals surface area (Å²) in [4.78, 5) is 8.64. The average molecular weight is 349 g/mol. The standard InChI is InChI=1S/C14H25ClN4O2S/c1-3-9-22-14-18-12(15)11(16)13(19-14)17-10(4-2)5-7-21-8-6-20/h10,20H,3-9,16H2,1-2H3,(H,17,18,19)/t10-/m1/s1. The lowest BCUT2D eigenvalue weighted by atomic mass is 10.1. The Morgan fingerprint density at radius 2 is 2.14 bits per heavy atom. The van der Waals surface area contributed by atoms with Crippen LogP contribution < -0.4 is 11.1 Å². The maximum Gasteiger partial charge on any atom is 0.191 e. The molecule has 4 N–H and O–H groups in total. The van der Waals surface area contributed by atoms with Gasteiger partial charge in [-0.05, 0) is 19.3 Å². The molecule has 0 bridgehead atoms. The summed E-state index contributed by atoms with van der Waals surface area (Å²) in [5.41, 5.74) is 6.34. The van der Waals surface area contributed by atoms with Crippen LogP contribution in [0.15, 0.2) is 5.16 Å². The zero-order valence-electron chi connectivity index (χ0n) is 13.1. The highest BCUT2D eigenvalue weighted by atomic mass is 35.5. The van der Waals surface area contributed by atoms with Gasteiger partial charge in [-0.2, -0.15) is 0 Å². The number of aliphatic hydroxyl groups excluding tert-OH is 1. The van der Waals surface area contributed by atoms with Crippen LogP contribution in [0.3, 0.4) is 0 Å². The van der Waals surface area contributed by atoms with Crippen molar-refractivity contribution < 1.29 is 9.84 Å². The summed E-state index contributed by atoms with van der Waals surface area (Å²) in [6.07, 6.45) is 2.74. The fourth-order valence-electron chi connectivity index (χ4n) is 1.75. The molecule has 0 aromatic carbocycles. The second-order valence-corrected chi connectivity index (χ2v) is 6.20. The van der Waals surface area contributed by atoms with Crippen LogP contribution in [0.4, 0.5) is 11.5 Å². The van der Waals surface area contributed by atoms with Gasteiger partial charge in [0.1, 0.15) is 5.69 Å². The van der Waals surface area contributed by atoms with Gasteiger partial charge in [0, 0.05) is 18.4 Å². The monoisotopic (exact) mass is 348 g/mol. The molecule has 0 fully saturated rings. The summed E-state index contributed by atoms with van der Waals surface area (Å²) in [6, 6.07) is 0.177. The number of nitrogens with zero attached hydrogens (tertiary/aromatic N) is 2. The molecular weight excluding hydrogens is 324 g/mol. The number of aromatic nitrogens is 2. The van der Waals surface area contributed by atoms with E-state index in [1.807, 2.05) is 0 Å². The molecule has 0 unspecified atom stereocenters. The third-order valence-electron chi connectivity index (χ3n) is 2.99. The highest BCUT2D eigenvalue weighted by Crippen LogP contribution is 2.28. The molecule has 0 radical (unpaired) electrons. The third kappa shape index (κ3) is 6.56. The van der Waals surface area contributed by atoms with E-state index in [1.54, 1.807) is 11.8 Å². The first-order valence-corrected chi connectivity index (χ1v) is 8.89. The quantitative estimate of drug-likeness (QED) is 0.245. The molecule has 0 aliphatic carbocycles. The van der Waals surface area contributed by atoms with Gasteiger partial charge >= 0.3 is 0 Å². The van der Waals surface area contributed by atoms with Crippen LogP contribution >= 0.6 is 23.4 Å². The van der Waals surface area contributed by atoms with Crippen LogP contribution in [0.25, 0.3) is 0 Å². The Labute approximate surface area is 141 Å². The predicted molar refractivity (Wildman–Crippen MR) is 92.7 cm³/mol. The number of nitrogens with one attached hydrogen (secondary N) is 1. The van der Waals surface area contributed by atoms with Gasteiger partial charge in [-0.25, -0.2) is 9.97 Å². The first-order chi connectivity index (χ1) is 10.6. The molecule has 1 rings (SSSR count). The van der Waals surface area contributed by atoms with Crippen molar-refractivity contribution in [2.45, 2.75) is 44.3 Å². The SMILES string of the molecule is CCCSc1nc(Cl)c(N)c(N[C@H](CC)CCOCCO)n1. The number of rotatable bonds is 11. The highest BCUT2D eigenvalue weighted by molar-refractivity contribution is 7.99. The lowest BCUT2D eigenvalue weighted by Crippen LogP contribution is -2.22. The summed E-state index contributed by atoms with van der Waals surface area (Å²) in [7, 11) is 0. The van der Waals surface area contributed by atoms with Crippen LogP contribution in [0.1, 0.15) is 33.1 Å². The molecule has 0 amide bonds. The molecule has 0 saturated heterocycles. The lowest BCUT2D eigenvalue weighted by Gasteiger charge is -2.19. The molecule has 0 aliphatic heterocycles. The largest absolute Gasteiger partial charge is 0.394 e. The Hall–Kier alpha value is -0.760. The molecule has 0 saturated carbocycles. The van der Waals surface area contributed by atoms with E-state index >= 15 is 0 Å². The van der Waals surface area contributed by atoms with E-state index in [-0.39, 0.29) is 17.8 Å². The Kier molecular flexibility index (Phi) is 9.54. The molecule has 0 spiro atoms. The number of hydrogen-bond donors (Lipinski definition) is 3. The molecule has 1 heterocycles. The van der Waals surface area contributed by atoms with Gasteiger partial charge in [-0.1, -0.05) is 37.2 Å². The van der Waals surface area contributed by atoms with E-state index in [0.29, 0.717) is 29.9 Å². The Bertz CT molecular complexity index is 451. The Balaban J connectivity index is 2.69. The van der Waals surface area contributed by atoms with E-state index in [2.05, 4.69) is 29.1 Å². The normalized spacial score (nSPS) is 12.4. The number of thioether (sulfide) groups is 1. The summed E-state index contributed by atoms with van der Waals surface area (Å²) in [6.45, 7) is 5.15. The molecule has 1 atom stereocenters. The van der Waals surface area contributed by atoms with Gasteiger partial charge in [-0.15, -0.1) is 0 Å². The van der Waals surface area contributed by atoms with Crippen molar-refractivity contribution in [2.75, 3.05) is 36.6 Å². The zero-order chi connectivity index (χ0) is 16.4. The van der Waals surface area contributed by atoms with Crippen LogP contribution in [0, 0.1) is 0 Å². The van der Waals surface area contributed by atoms with Crippen molar-refractivity contribution in [1.82, 2.24) is 9.97 Å². The topological polar surface area (TPSA) is 93.3 Å². The van der Waals surface area contributed by atoms with Gasteiger partial charge < -0.3 is 20.9 Å². The molecule has 8 heteroatoms. The fraction of sp³-hybridized carbons (Fsp3) is 0.714. The maximum absolute atomic E-state index is 8.70. The Morgan fingerprint density at radius 3 is 2.77 bits per heavy atom. The first-order valence-electron chi connectivity index (χ1n) is 7.53. The number of anilines is 2. The number of ether oxygens (including phenoxy) is 1. The summed E-state index contributed by atoms with van der Waals surface area (Å²) in [5, 5.41) is 12.9. The van der Waals surface area contributed by atoms with Crippen LogP contribution in [-0.4, -0.2) is 46.7 Å². The van der Waals surface area contributed by atoms with Crippen molar-refractivity contribution in [3.8, 4) is 0 Å². The van der Waals surface area contributed by atoms with E-state index in [4.69, 9.17) is 27.2 Å². The molecule has 6 nitrogen and oxygen atoms in total. The molecule has 126 valence electrons. The molecule has 22 heavy (non-hydrogen) atoms. The minimum Gasteiger partial charge on any atom is -0.394 e. The van der Waals surface area contributed by atoms with Crippen LogP contribution in [0.5, 0.6) is 0 Å². The third-order valence-corrected chi connectivity index (χ3v) is 4.34. The van der Waals surface area contributed by atoms with Gasteiger partial charge in [0.05, 0.1) is 13.2 Å². The molecule has 0 aliphatic rings. The Morgan fingerprint density at radius 1 is 1.36 bits per heavy atom. The van der Waals surface area contributed by atoms with E-state index in [1.165, 1.54) is 0 Å². The number of hydrogen-bond acceptors (Lipinski definition) is 7. The van der Waals surface area contributed by atoms with Gasteiger partial charge in [0.15, 0.2) is 16.1 Å². The minimum atomic E-state index is 0.0384. The van der Waals surface area contributed by atoms with Crippen LogP contribution in [0.2, 0.25) is 5.15 Å². The van der Waals surface area contributed by atoms with E-state index in [0.717, 1.165) is 25.0 Å². The van der Waals surface area contributed by atoms with E-state index in [9.17, 15) is 0 Å². The molecule has 1 aromatic heterocycles. The number of aliphatic hydroxyl groups is 1. The lowest BCUT2D eigenvalue weighted by molar-refractivity contribution is 0.0884. The van der Waals surface area contributed by atoms with Gasteiger partial charge in [0.2, 0.25) is 0 Å². The van der Waals surface area contributed by atoms with Crippen molar-refractivity contribution in [2.24, 2.45) is 0 Å². The summed E-state index contributed by atoms with van der Waals surface area (Å²) < 4.78 is 5.30. The molecular formula is C14H25ClN4O2S. The smallest absolute Gasteiger partial charge is 0.191 e. The predicted octanol–water partition coefficient (Wildman–Crippen LogP) is 2.80. The van der Waals surface area contributed by atoms with Crippen LogP contribution in [-0.2, 0) is 4.74 Å². The molecule has 1 aromatic rings. The highest BCUT2D eigenvalue weighted by Gasteiger charge is 2.14. The van der Waals surface area contributed by atoms with Crippen molar-refractivity contribution in [3.63, 3.8) is 0 Å². The fourth-order valence-corrected chi connectivity index (χ4v) is 2.67. The van der Waals surface area contributed by atoms with E-state index < -0.39 is 0 Å². The van der Waals surface area contributed by atoms with Gasteiger partial charge in [-0.3, -0.25) is 0 Å². The minimum absolute atomic E-state index is 0.0384. The maximum atomic E-state index is 8.70. The number of nitrogens with two attached hydrogens (primary N) is 1.